The maximum absolute atomic E-state index is 11.3. The predicted molar refractivity (Wildman–Crippen MR) is 47.8 cm³/mol. The van der Waals surface area contributed by atoms with Crippen LogP contribution in [0.25, 0.3) is 0 Å². The van der Waals surface area contributed by atoms with Gasteiger partial charge in [-0.05, 0) is 18.3 Å². The molecule has 0 N–H and O–H groups in total. The molecule has 0 amide bonds. The van der Waals surface area contributed by atoms with E-state index in [9.17, 15) is 4.79 Å². The number of methoxy groups -OCH3 is 1. The van der Waals surface area contributed by atoms with Gasteiger partial charge in [0.25, 0.3) is 0 Å². The Labute approximate surface area is 74.3 Å². The number of rotatable bonds is 2. The summed E-state index contributed by atoms with van der Waals surface area (Å²) in [7, 11) is 1.47. The summed E-state index contributed by atoms with van der Waals surface area (Å²) >= 11 is 0. The minimum absolute atomic E-state index is 0.0561. The summed E-state index contributed by atoms with van der Waals surface area (Å²) in [6.45, 7) is 4.18. The molecule has 2 nitrogen and oxygen atoms in total. The van der Waals surface area contributed by atoms with E-state index in [-0.39, 0.29) is 17.3 Å². The topological polar surface area (TPSA) is 26.3 Å². The van der Waals surface area contributed by atoms with Gasteiger partial charge in [0.05, 0.1) is 13.0 Å². The lowest BCUT2D eigenvalue weighted by atomic mass is 9.77. The maximum Gasteiger partial charge on any atom is 0.308 e. The molecule has 1 aliphatic rings. The van der Waals surface area contributed by atoms with E-state index in [1.807, 2.05) is 6.92 Å². The third kappa shape index (κ3) is 1.62. The van der Waals surface area contributed by atoms with Gasteiger partial charge in [-0.15, -0.1) is 0 Å². The van der Waals surface area contributed by atoms with Crippen molar-refractivity contribution >= 4 is 5.97 Å². The Hall–Kier alpha value is -0.530. The maximum atomic E-state index is 11.3. The Kier molecular flexibility index (Phi) is 2.76. The Bertz CT molecular complexity index is 169. The first kappa shape index (κ1) is 9.56. The Morgan fingerprint density at radius 2 is 1.92 bits per heavy atom. The molecule has 1 atom stereocenters. The average molecular weight is 170 g/mol. The van der Waals surface area contributed by atoms with Gasteiger partial charge in [-0.25, -0.2) is 0 Å². The van der Waals surface area contributed by atoms with Crippen LogP contribution in [0.5, 0.6) is 0 Å². The first-order chi connectivity index (χ1) is 5.60. The highest BCUT2D eigenvalue weighted by atomic mass is 16.5. The molecule has 2 heteroatoms. The summed E-state index contributed by atoms with van der Waals surface area (Å²) < 4.78 is 4.75. The van der Waals surface area contributed by atoms with E-state index < -0.39 is 0 Å². The highest BCUT2D eigenvalue weighted by molar-refractivity contribution is 5.72. The molecule has 1 aliphatic carbocycles. The molecule has 0 aromatic heterocycles. The molecule has 0 spiro atoms. The molecule has 12 heavy (non-hydrogen) atoms. The second-order valence-electron chi connectivity index (χ2n) is 4.11. The zero-order valence-corrected chi connectivity index (χ0v) is 8.22. The third-order valence-corrected chi connectivity index (χ3v) is 3.35. The van der Waals surface area contributed by atoms with Gasteiger partial charge in [-0.3, -0.25) is 4.79 Å². The number of esters is 1. The van der Waals surface area contributed by atoms with Crippen molar-refractivity contribution in [1.82, 2.24) is 0 Å². The van der Waals surface area contributed by atoms with Crippen LogP contribution in [0.2, 0.25) is 0 Å². The molecule has 1 saturated carbocycles. The zero-order valence-electron chi connectivity index (χ0n) is 8.22. The van der Waals surface area contributed by atoms with Gasteiger partial charge in [0.2, 0.25) is 0 Å². The standard InChI is InChI=1S/C10H18O2/c1-8(9(11)12-3)10(2)6-4-5-7-10/h8H,4-7H2,1-3H3. The van der Waals surface area contributed by atoms with Crippen LogP contribution in [0.3, 0.4) is 0 Å². The van der Waals surface area contributed by atoms with Crippen molar-refractivity contribution in [2.24, 2.45) is 11.3 Å². The van der Waals surface area contributed by atoms with E-state index in [1.165, 1.54) is 32.8 Å². The molecule has 1 unspecified atom stereocenters. The van der Waals surface area contributed by atoms with E-state index in [0.29, 0.717) is 0 Å². The fraction of sp³-hybridized carbons (Fsp3) is 0.900. The zero-order chi connectivity index (χ0) is 9.19. The van der Waals surface area contributed by atoms with Gasteiger partial charge in [0.1, 0.15) is 0 Å². The predicted octanol–water partition coefficient (Wildman–Crippen LogP) is 2.38. The van der Waals surface area contributed by atoms with E-state index in [4.69, 9.17) is 4.74 Å². The van der Waals surface area contributed by atoms with Crippen LogP contribution in [0.15, 0.2) is 0 Å². The quantitative estimate of drug-likeness (QED) is 0.595. The van der Waals surface area contributed by atoms with Gasteiger partial charge in [-0.2, -0.15) is 0 Å². The van der Waals surface area contributed by atoms with Crippen molar-refractivity contribution in [1.29, 1.82) is 0 Å². The SMILES string of the molecule is COC(=O)C(C)C1(C)CCCC1. The molecule has 0 aromatic rings. The van der Waals surface area contributed by atoms with Crippen molar-refractivity contribution in [3.63, 3.8) is 0 Å². The summed E-state index contributed by atoms with van der Waals surface area (Å²) in [4.78, 5) is 11.3. The smallest absolute Gasteiger partial charge is 0.308 e. The highest BCUT2D eigenvalue weighted by Crippen LogP contribution is 2.44. The van der Waals surface area contributed by atoms with Gasteiger partial charge in [0, 0.05) is 0 Å². The molecule has 0 heterocycles. The first-order valence-electron chi connectivity index (χ1n) is 4.68. The third-order valence-electron chi connectivity index (χ3n) is 3.35. The molecule has 1 rings (SSSR count). The molecule has 0 aromatic carbocycles. The fourth-order valence-electron chi connectivity index (χ4n) is 2.08. The molecule has 0 bridgehead atoms. The summed E-state index contributed by atoms with van der Waals surface area (Å²) in [5.74, 6) is 0.00407. The minimum Gasteiger partial charge on any atom is -0.469 e. The van der Waals surface area contributed by atoms with Crippen LogP contribution in [0, 0.1) is 11.3 Å². The van der Waals surface area contributed by atoms with Crippen LogP contribution >= 0.6 is 0 Å². The van der Waals surface area contributed by atoms with E-state index >= 15 is 0 Å². The van der Waals surface area contributed by atoms with Gasteiger partial charge in [0.15, 0.2) is 0 Å². The normalized spacial score (nSPS) is 23.6. The first-order valence-corrected chi connectivity index (χ1v) is 4.68. The van der Waals surface area contributed by atoms with E-state index in [1.54, 1.807) is 0 Å². The van der Waals surface area contributed by atoms with Crippen molar-refractivity contribution in [2.45, 2.75) is 39.5 Å². The van der Waals surface area contributed by atoms with Crippen molar-refractivity contribution in [3.05, 3.63) is 0 Å². The van der Waals surface area contributed by atoms with Gasteiger partial charge < -0.3 is 4.74 Å². The van der Waals surface area contributed by atoms with E-state index in [0.717, 1.165) is 0 Å². The largest absolute Gasteiger partial charge is 0.469 e. The van der Waals surface area contributed by atoms with Crippen molar-refractivity contribution in [2.75, 3.05) is 7.11 Å². The lowest BCUT2D eigenvalue weighted by molar-refractivity contribution is -0.149. The van der Waals surface area contributed by atoms with Crippen LogP contribution in [0.1, 0.15) is 39.5 Å². The van der Waals surface area contributed by atoms with Gasteiger partial charge >= 0.3 is 5.97 Å². The molecule has 70 valence electrons. The molecular formula is C10H18O2. The number of ether oxygens (including phenoxy) is 1. The summed E-state index contributed by atoms with van der Waals surface area (Å²) in [5.41, 5.74) is 0.201. The molecule has 0 aliphatic heterocycles. The second-order valence-corrected chi connectivity index (χ2v) is 4.11. The number of carbonyl (C=O) groups is 1. The number of hydrogen-bond acceptors (Lipinski definition) is 2. The Morgan fingerprint density at radius 1 is 1.42 bits per heavy atom. The van der Waals surface area contributed by atoms with Crippen molar-refractivity contribution in [3.8, 4) is 0 Å². The molecule has 0 radical (unpaired) electrons. The Morgan fingerprint density at radius 3 is 2.33 bits per heavy atom. The van der Waals surface area contributed by atoms with Crippen molar-refractivity contribution < 1.29 is 9.53 Å². The molecule has 0 saturated heterocycles. The lowest BCUT2D eigenvalue weighted by Crippen LogP contribution is -2.29. The fourth-order valence-corrected chi connectivity index (χ4v) is 2.08. The lowest BCUT2D eigenvalue weighted by Gasteiger charge is -2.28. The average Bonchev–Trinajstić information content (AvgIpc) is 2.50. The second kappa shape index (κ2) is 3.46. The number of carbonyl (C=O) groups excluding carboxylic acids is 1. The van der Waals surface area contributed by atoms with E-state index in [2.05, 4.69) is 6.92 Å². The van der Waals surface area contributed by atoms with Crippen LogP contribution in [0.4, 0.5) is 0 Å². The summed E-state index contributed by atoms with van der Waals surface area (Å²) in [6, 6.07) is 0. The minimum atomic E-state index is -0.0561. The monoisotopic (exact) mass is 170 g/mol. The van der Waals surface area contributed by atoms with Crippen LogP contribution < -0.4 is 0 Å². The van der Waals surface area contributed by atoms with Crippen LogP contribution in [-0.2, 0) is 9.53 Å². The summed E-state index contributed by atoms with van der Waals surface area (Å²) in [6.07, 6.45) is 4.86. The molecular weight excluding hydrogens is 152 g/mol. The highest BCUT2D eigenvalue weighted by Gasteiger charge is 2.38. The summed E-state index contributed by atoms with van der Waals surface area (Å²) in [5, 5.41) is 0. The van der Waals surface area contributed by atoms with Gasteiger partial charge in [-0.1, -0.05) is 26.7 Å². The Balaban J connectivity index is 2.61. The molecule has 1 fully saturated rings. The number of hydrogen-bond donors (Lipinski definition) is 0. The van der Waals surface area contributed by atoms with Crippen LogP contribution in [-0.4, -0.2) is 13.1 Å².